The summed E-state index contributed by atoms with van der Waals surface area (Å²) in [5.41, 5.74) is 4.98. The highest BCUT2D eigenvalue weighted by molar-refractivity contribution is 4.99. The maximum atomic E-state index is 5.41. The lowest BCUT2D eigenvalue weighted by Gasteiger charge is -2.18. The first kappa shape index (κ1) is 11.1. The normalized spacial score (nSPS) is 12.0. The van der Waals surface area contributed by atoms with Crippen molar-refractivity contribution in [3.8, 4) is 0 Å². The summed E-state index contributed by atoms with van der Waals surface area (Å²) in [4.78, 5) is 4.34. The molecule has 0 aliphatic carbocycles. The van der Waals surface area contributed by atoms with Crippen LogP contribution < -0.4 is 5.73 Å². The SMILES string of the molecule is COC(C)(C)c1n[nH]c(CCCN)n1. The van der Waals surface area contributed by atoms with E-state index in [9.17, 15) is 0 Å². The lowest BCUT2D eigenvalue weighted by molar-refractivity contribution is 0.0117. The zero-order valence-electron chi connectivity index (χ0n) is 9.00. The quantitative estimate of drug-likeness (QED) is 0.725. The molecule has 0 bridgehead atoms. The van der Waals surface area contributed by atoms with E-state index in [1.165, 1.54) is 0 Å². The molecule has 0 unspecified atom stereocenters. The number of nitrogens with one attached hydrogen (secondary N) is 1. The number of aromatic nitrogens is 3. The van der Waals surface area contributed by atoms with Crippen LogP contribution in [0.2, 0.25) is 0 Å². The zero-order chi connectivity index (χ0) is 10.6. The predicted octanol–water partition coefficient (Wildman–Crippen LogP) is 0.578. The molecule has 14 heavy (non-hydrogen) atoms. The maximum Gasteiger partial charge on any atom is 0.181 e. The molecule has 1 aromatic rings. The van der Waals surface area contributed by atoms with Gasteiger partial charge in [0.05, 0.1) is 0 Å². The van der Waals surface area contributed by atoms with Gasteiger partial charge in [-0.3, -0.25) is 5.10 Å². The Balaban J connectivity index is 2.67. The minimum absolute atomic E-state index is 0.433. The minimum atomic E-state index is -0.433. The Labute approximate surface area is 84.1 Å². The number of nitrogens with two attached hydrogens (primary N) is 1. The second-order valence-corrected chi connectivity index (χ2v) is 3.71. The van der Waals surface area contributed by atoms with Gasteiger partial charge in [-0.2, -0.15) is 5.10 Å². The molecule has 0 aliphatic rings. The van der Waals surface area contributed by atoms with Gasteiger partial charge in [0.2, 0.25) is 0 Å². The standard InChI is InChI=1S/C9H18N4O/c1-9(2,14-3)8-11-7(12-13-8)5-4-6-10/h4-6,10H2,1-3H3,(H,11,12,13). The highest BCUT2D eigenvalue weighted by Crippen LogP contribution is 2.19. The van der Waals surface area contributed by atoms with Crippen molar-refractivity contribution >= 4 is 0 Å². The van der Waals surface area contributed by atoms with E-state index >= 15 is 0 Å². The van der Waals surface area contributed by atoms with Crippen LogP contribution in [0, 0.1) is 0 Å². The molecule has 5 nitrogen and oxygen atoms in total. The fraction of sp³-hybridized carbons (Fsp3) is 0.778. The Bertz CT molecular complexity index is 282. The largest absolute Gasteiger partial charge is 0.371 e. The van der Waals surface area contributed by atoms with Crippen molar-refractivity contribution in [2.75, 3.05) is 13.7 Å². The summed E-state index contributed by atoms with van der Waals surface area (Å²) in [7, 11) is 1.65. The van der Waals surface area contributed by atoms with Crippen LogP contribution >= 0.6 is 0 Å². The van der Waals surface area contributed by atoms with E-state index in [0.717, 1.165) is 18.7 Å². The molecule has 0 atom stereocenters. The van der Waals surface area contributed by atoms with Crippen molar-refractivity contribution in [3.63, 3.8) is 0 Å². The first-order valence-corrected chi connectivity index (χ1v) is 4.77. The number of methoxy groups -OCH3 is 1. The Morgan fingerprint density at radius 2 is 2.21 bits per heavy atom. The molecule has 0 aromatic carbocycles. The molecule has 0 saturated carbocycles. The molecule has 0 fully saturated rings. The molecule has 0 radical (unpaired) electrons. The molecule has 0 spiro atoms. The summed E-state index contributed by atoms with van der Waals surface area (Å²) in [6, 6.07) is 0. The fourth-order valence-electron chi connectivity index (χ4n) is 1.04. The van der Waals surface area contributed by atoms with Crippen LogP contribution in [0.1, 0.15) is 31.9 Å². The third-order valence-corrected chi connectivity index (χ3v) is 2.20. The lowest BCUT2D eigenvalue weighted by Crippen LogP contribution is -2.21. The Kier molecular flexibility index (Phi) is 3.60. The first-order chi connectivity index (χ1) is 6.60. The van der Waals surface area contributed by atoms with Gasteiger partial charge < -0.3 is 10.5 Å². The molecule has 3 N–H and O–H groups in total. The van der Waals surface area contributed by atoms with Crippen LogP contribution in [0.3, 0.4) is 0 Å². The smallest absolute Gasteiger partial charge is 0.181 e. The molecule has 0 saturated heterocycles. The minimum Gasteiger partial charge on any atom is -0.371 e. The van der Waals surface area contributed by atoms with Gasteiger partial charge in [0.25, 0.3) is 0 Å². The number of ether oxygens (including phenoxy) is 1. The zero-order valence-corrected chi connectivity index (χ0v) is 9.00. The Hall–Kier alpha value is -0.940. The second-order valence-electron chi connectivity index (χ2n) is 3.71. The van der Waals surface area contributed by atoms with Gasteiger partial charge >= 0.3 is 0 Å². The number of hydrogen-bond acceptors (Lipinski definition) is 4. The van der Waals surface area contributed by atoms with E-state index in [2.05, 4.69) is 15.2 Å². The van der Waals surface area contributed by atoms with Crippen molar-refractivity contribution < 1.29 is 4.74 Å². The van der Waals surface area contributed by atoms with Gasteiger partial charge in [-0.1, -0.05) is 0 Å². The maximum absolute atomic E-state index is 5.41. The van der Waals surface area contributed by atoms with Crippen LogP contribution in [0.25, 0.3) is 0 Å². The third kappa shape index (κ3) is 2.52. The summed E-state index contributed by atoms with van der Waals surface area (Å²) in [5.74, 6) is 1.56. The molecule has 5 heteroatoms. The highest BCUT2D eigenvalue weighted by atomic mass is 16.5. The molecular weight excluding hydrogens is 180 g/mol. The van der Waals surface area contributed by atoms with Crippen LogP contribution in [-0.2, 0) is 16.8 Å². The summed E-state index contributed by atoms with van der Waals surface area (Å²) in [6.45, 7) is 4.54. The number of aryl methyl sites for hydroxylation is 1. The van der Waals surface area contributed by atoms with Gasteiger partial charge in [-0.05, 0) is 26.8 Å². The van der Waals surface area contributed by atoms with Crippen LogP contribution in [0.15, 0.2) is 0 Å². The van der Waals surface area contributed by atoms with Crippen molar-refractivity contribution in [2.45, 2.75) is 32.3 Å². The number of nitrogens with zero attached hydrogens (tertiary/aromatic N) is 2. The summed E-state index contributed by atoms with van der Waals surface area (Å²) in [5, 5.41) is 6.99. The van der Waals surface area contributed by atoms with Gasteiger partial charge in [0.15, 0.2) is 5.82 Å². The van der Waals surface area contributed by atoms with Gasteiger partial charge in [-0.15, -0.1) is 0 Å². The molecule has 0 amide bonds. The monoisotopic (exact) mass is 198 g/mol. The van der Waals surface area contributed by atoms with Crippen molar-refractivity contribution in [1.82, 2.24) is 15.2 Å². The van der Waals surface area contributed by atoms with E-state index in [1.54, 1.807) is 7.11 Å². The number of hydrogen-bond donors (Lipinski definition) is 2. The van der Waals surface area contributed by atoms with Crippen molar-refractivity contribution in [2.24, 2.45) is 5.73 Å². The van der Waals surface area contributed by atoms with Crippen molar-refractivity contribution in [3.05, 3.63) is 11.6 Å². The van der Waals surface area contributed by atoms with Gasteiger partial charge in [-0.25, -0.2) is 4.98 Å². The van der Waals surface area contributed by atoms with Crippen LogP contribution in [-0.4, -0.2) is 28.8 Å². The molecular formula is C9H18N4O. The van der Waals surface area contributed by atoms with E-state index in [-0.39, 0.29) is 0 Å². The van der Waals surface area contributed by atoms with E-state index in [1.807, 2.05) is 13.8 Å². The lowest BCUT2D eigenvalue weighted by atomic mass is 10.1. The molecule has 1 aromatic heterocycles. The molecule has 1 rings (SSSR count). The fourth-order valence-corrected chi connectivity index (χ4v) is 1.04. The summed E-state index contributed by atoms with van der Waals surface area (Å²) >= 11 is 0. The highest BCUT2D eigenvalue weighted by Gasteiger charge is 2.24. The van der Waals surface area contributed by atoms with Crippen LogP contribution in [0.5, 0.6) is 0 Å². The molecule has 1 heterocycles. The molecule has 0 aliphatic heterocycles. The Morgan fingerprint density at radius 1 is 1.50 bits per heavy atom. The van der Waals surface area contributed by atoms with Crippen LogP contribution in [0.4, 0.5) is 0 Å². The van der Waals surface area contributed by atoms with Gasteiger partial charge in [0, 0.05) is 13.5 Å². The van der Waals surface area contributed by atoms with E-state index in [0.29, 0.717) is 12.4 Å². The van der Waals surface area contributed by atoms with E-state index < -0.39 is 5.60 Å². The molecule has 80 valence electrons. The predicted molar refractivity (Wildman–Crippen MR) is 53.8 cm³/mol. The van der Waals surface area contributed by atoms with E-state index in [4.69, 9.17) is 10.5 Å². The number of H-pyrrole nitrogens is 1. The average molecular weight is 198 g/mol. The van der Waals surface area contributed by atoms with Crippen molar-refractivity contribution in [1.29, 1.82) is 0 Å². The van der Waals surface area contributed by atoms with Gasteiger partial charge in [0.1, 0.15) is 11.4 Å². The first-order valence-electron chi connectivity index (χ1n) is 4.77. The number of aromatic amines is 1. The summed E-state index contributed by atoms with van der Waals surface area (Å²) < 4.78 is 5.27. The third-order valence-electron chi connectivity index (χ3n) is 2.20. The average Bonchev–Trinajstić information content (AvgIpc) is 2.63. The Morgan fingerprint density at radius 3 is 2.79 bits per heavy atom. The topological polar surface area (TPSA) is 76.8 Å². The number of rotatable bonds is 5. The second kappa shape index (κ2) is 4.52. The summed E-state index contributed by atoms with van der Waals surface area (Å²) in [6.07, 6.45) is 1.76.